The van der Waals surface area contributed by atoms with Crippen LogP contribution in [-0.4, -0.2) is 25.7 Å². The molecule has 0 saturated carbocycles. The number of nitrogens with zero attached hydrogens (tertiary/aromatic N) is 4. The monoisotopic (exact) mass is 387 g/mol. The minimum absolute atomic E-state index is 0.0408. The summed E-state index contributed by atoms with van der Waals surface area (Å²) in [6.07, 6.45) is 3.92. The summed E-state index contributed by atoms with van der Waals surface area (Å²) in [6.45, 7) is -6.35. The lowest BCUT2D eigenvalue weighted by molar-refractivity contribution is 0.242. The van der Waals surface area contributed by atoms with Crippen LogP contribution in [0.4, 0.5) is 0 Å². The molecule has 0 aliphatic rings. The van der Waals surface area contributed by atoms with Crippen molar-refractivity contribution in [3.63, 3.8) is 0 Å². The van der Waals surface area contributed by atoms with Crippen LogP contribution in [-0.2, 0) is 0 Å². The molecule has 0 unspecified atom stereocenters. The molecule has 0 radical (unpaired) electrons. The molecule has 0 aliphatic heterocycles. The van der Waals surface area contributed by atoms with Crippen LogP contribution in [0.3, 0.4) is 0 Å². The molecule has 142 valence electrons. The quantitative estimate of drug-likeness (QED) is 0.414. The molecular weight excluding hydrogens is 360 g/mol. The van der Waals surface area contributed by atoms with E-state index in [0.717, 1.165) is 33.2 Å². The van der Waals surface area contributed by atoms with E-state index in [9.17, 15) is 0 Å². The van der Waals surface area contributed by atoms with E-state index in [1.165, 1.54) is 12.1 Å². The van der Waals surface area contributed by atoms with Gasteiger partial charge in [0.1, 0.15) is 5.75 Å². The molecule has 29 heavy (non-hydrogen) atoms. The molecule has 0 N–H and O–H groups in total. The molecule has 3 heterocycles. The van der Waals surface area contributed by atoms with E-state index in [1.54, 1.807) is 35.2 Å². The lowest BCUT2D eigenvalue weighted by Gasteiger charge is -2.10. The second-order valence-corrected chi connectivity index (χ2v) is 6.50. The van der Waals surface area contributed by atoms with Gasteiger partial charge in [0.2, 0.25) is 0 Å². The van der Waals surface area contributed by atoms with E-state index in [1.807, 2.05) is 36.5 Å². The van der Waals surface area contributed by atoms with Crippen LogP contribution in [0.5, 0.6) is 5.75 Å². The number of hydrogen-bond donors (Lipinski definition) is 0. The van der Waals surface area contributed by atoms with Gasteiger partial charge in [-0.05, 0) is 49.1 Å². The summed E-state index contributed by atoms with van der Waals surface area (Å²) < 4.78 is 59.8. The molecule has 0 saturated heterocycles. The first-order valence-electron chi connectivity index (χ1n) is 12.4. The Bertz CT molecular complexity index is 1540. The van der Waals surface area contributed by atoms with Crippen LogP contribution in [0.25, 0.3) is 38.8 Å². The van der Waals surface area contributed by atoms with Crippen LogP contribution in [0.15, 0.2) is 79.4 Å². The Labute approximate surface area is 178 Å². The predicted molar refractivity (Wildman–Crippen MR) is 115 cm³/mol. The fourth-order valence-corrected chi connectivity index (χ4v) is 3.38. The minimum atomic E-state index is -3.18. The molecule has 5 aromatic rings. The average Bonchev–Trinajstić information content (AvgIpc) is 3.26. The van der Waals surface area contributed by atoms with Crippen LogP contribution >= 0.6 is 0 Å². The first kappa shape index (κ1) is 11.3. The standard InChI is InChI=1S/C24H20N4O/c1-16(2)29-19-9-7-17(8-10-19)18-13-26-24-22(14-27-28(24)15-18)20-11-12-25-23-6-4-3-5-21(20)23/h3-16H,1-2H3/i1D3,2D3,16D. The first-order valence-corrected chi connectivity index (χ1v) is 8.95. The Balaban J connectivity index is 1.46. The van der Waals surface area contributed by atoms with Gasteiger partial charge in [0.05, 0.1) is 19.2 Å². The Morgan fingerprint density at radius 1 is 0.931 bits per heavy atom. The maximum absolute atomic E-state index is 8.02. The number of benzene rings is 2. The molecule has 0 fully saturated rings. The highest BCUT2D eigenvalue weighted by Gasteiger charge is 2.12. The summed E-state index contributed by atoms with van der Waals surface area (Å²) in [6, 6.07) is 15.9. The number of pyridine rings is 1. The lowest BCUT2D eigenvalue weighted by Crippen LogP contribution is -2.05. The topological polar surface area (TPSA) is 52.3 Å². The highest BCUT2D eigenvalue weighted by Crippen LogP contribution is 2.30. The third-order valence-corrected chi connectivity index (χ3v) is 4.70. The molecule has 5 heteroatoms. The van der Waals surface area contributed by atoms with E-state index in [2.05, 4.69) is 15.1 Å². The molecule has 0 amide bonds. The lowest BCUT2D eigenvalue weighted by atomic mass is 10.0. The van der Waals surface area contributed by atoms with Crippen LogP contribution in [0.2, 0.25) is 0 Å². The third-order valence-electron chi connectivity index (χ3n) is 4.70. The molecule has 0 atom stereocenters. The van der Waals surface area contributed by atoms with Crippen molar-refractivity contribution < 1.29 is 14.3 Å². The Hall–Kier alpha value is -3.73. The van der Waals surface area contributed by atoms with Crippen LogP contribution in [0, 0.1) is 0 Å². The molecule has 5 rings (SSSR count). The molecule has 0 spiro atoms. The SMILES string of the molecule is [2H]C([2H])([2H])C([2H])(Oc1ccc(-c2cnc3c(-c4ccnc5ccccc45)cnn3c2)cc1)C([2H])([2H])[2H]. The zero-order valence-corrected chi connectivity index (χ0v) is 15.2. The summed E-state index contributed by atoms with van der Waals surface area (Å²) in [7, 11) is 0. The number of rotatable bonds is 4. The van der Waals surface area contributed by atoms with E-state index in [0.29, 0.717) is 5.65 Å². The van der Waals surface area contributed by atoms with E-state index < -0.39 is 19.8 Å². The molecule has 2 aromatic carbocycles. The minimum Gasteiger partial charge on any atom is -0.491 e. The van der Waals surface area contributed by atoms with Crippen molar-refractivity contribution in [1.82, 2.24) is 19.6 Å². The fourth-order valence-electron chi connectivity index (χ4n) is 3.38. The van der Waals surface area contributed by atoms with Crippen LogP contribution in [0.1, 0.15) is 23.3 Å². The summed E-state index contributed by atoms with van der Waals surface area (Å²) in [5, 5.41) is 5.46. The molecule has 5 nitrogen and oxygen atoms in total. The fraction of sp³-hybridized carbons (Fsp3) is 0.125. The number of hydrogen-bond acceptors (Lipinski definition) is 4. The molecule has 3 aromatic heterocycles. The third kappa shape index (κ3) is 3.21. The van der Waals surface area contributed by atoms with Gasteiger partial charge in [-0.2, -0.15) is 5.10 Å². The van der Waals surface area contributed by atoms with Crippen LogP contribution < -0.4 is 4.74 Å². The number of fused-ring (bicyclic) bond motifs is 2. The largest absolute Gasteiger partial charge is 0.491 e. The normalized spacial score (nSPS) is 16.2. The zero-order valence-electron chi connectivity index (χ0n) is 22.2. The van der Waals surface area contributed by atoms with Crippen molar-refractivity contribution in [3.8, 4) is 28.0 Å². The molecule has 0 aliphatic carbocycles. The van der Waals surface area contributed by atoms with Crippen molar-refractivity contribution in [2.45, 2.75) is 19.8 Å². The van der Waals surface area contributed by atoms with Gasteiger partial charge < -0.3 is 4.74 Å². The second kappa shape index (κ2) is 7.02. The van der Waals surface area contributed by atoms with Crippen molar-refractivity contribution in [2.75, 3.05) is 0 Å². The summed E-state index contributed by atoms with van der Waals surface area (Å²) in [5.41, 5.74) is 4.84. The molecule has 0 bridgehead atoms. The van der Waals surface area contributed by atoms with Crippen molar-refractivity contribution in [1.29, 1.82) is 0 Å². The maximum atomic E-state index is 8.02. The van der Waals surface area contributed by atoms with Gasteiger partial charge in [0.15, 0.2) is 5.65 Å². The van der Waals surface area contributed by atoms with Gasteiger partial charge in [-0.1, -0.05) is 30.3 Å². The van der Waals surface area contributed by atoms with Crippen molar-refractivity contribution in [3.05, 3.63) is 79.4 Å². The Morgan fingerprint density at radius 2 is 1.79 bits per heavy atom. The predicted octanol–water partition coefficient (Wildman–Crippen LogP) is 5.40. The highest BCUT2D eigenvalue weighted by molar-refractivity contribution is 5.97. The molecular formula is C24H20N4O. The van der Waals surface area contributed by atoms with Gasteiger partial charge in [-0.15, -0.1) is 0 Å². The van der Waals surface area contributed by atoms with Crippen molar-refractivity contribution in [2.24, 2.45) is 0 Å². The highest BCUT2D eigenvalue weighted by atomic mass is 16.5. The summed E-state index contributed by atoms with van der Waals surface area (Å²) in [5.74, 6) is -0.0408. The first-order chi connectivity index (χ1) is 17.0. The van der Waals surface area contributed by atoms with E-state index >= 15 is 0 Å². The zero-order chi connectivity index (χ0) is 25.7. The average molecular weight is 387 g/mol. The van der Waals surface area contributed by atoms with Gasteiger partial charge in [-0.3, -0.25) is 4.98 Å². The Morgan fingerprint density at radius 3 is 2.66 bits per heavy atom. The van der Waals surface area contributed by atoms with Crippen molar-refractivity contribution >= 4 is 16.6 Å². The smallest absolute Gasteiger partial charge is 0.162 e. The van der Waals surface area contributed by atoms with Gasteiger partial charge in [0, 0.05) is 43.3 Å². The number of aromatic nitrogens is 4. The number of ether oxygens (including phenoxy) is 1. The summed E-state index contributed by atoms with van der Waals surface area (Å²) >= 11 is 0. The number of para-hydroxylation sites is 1. The van der Waals surface area contributed by atoms with E-state index in [-0.39, 0.29) is 5.75 Å². The second-order valence-electron chi connectivity index (χ2n) is 6.50. The van der Waals surface area contributed by atoms with Gasteiger partial charge in [0.25, 0.3) is 0 Å². The maximum Gasteiger partial charge on any atom is 0.162 e. The van der Waals surface area contributed by atoms with E-state index in [4.69, 9.17) is 14.3 Å². The van der Waals surface area contributed by atoms with Gasteiger partial charge >= 0.3 is 0 Å². The Kier molecular flexibility index (Phi) is 2.74. The van der Waals surface area contributed by atoms with Gasteiger partial charge in [-0.25, -0.2) is 9.50 Å². The summed E-state index contributed by atoms with van der Waals surface area (Å²) in [4.78, 5) is 9.03.